The van der Waals surface area contributed by atoms with Gasteiger partial charge in [-0.05, 0) is 48.4 Å². The summed E-state index contributed by atoms with van der Waals surface area (Å²) in [6.07, 6.45) is 3.97. The third-order valence-electron chi connectivity index (χ3n) is 3.96. The van der Waals surface area contributed by atoms with Crippen LogP contribution in [0.5, 0.6) is 0 Å². The Morgan fingerprint density at radius 3 is 2.79 bits per heavy atom. The fraction of sp³-hybridized carbons (Fsp3) is 0.562. The van der Waals surface area contributed by atoms with Crippen molar-refractivity contribution in [3.8, 4) is 0 Å². The number of hydrogen-bond donors (Lipinski definition) is 2. The molecule has 19 heavy (non-hydrogen) atoms. The van der Waals surface area contributed by atoms with Gasteiger partial charge in [0, 0.05) is 5.69 Å². The molecule has 3 nitrogen and oxygen atoms in total. The summed E-state index contributed by atoms with van der Waals surface area (Å²) in [4.78, 5) is 11.4. The lowest BCUT2D eigenvalue weighted by Gasteiger charge is -2.22. The first-order chi connectivity index (χ1) is 9.11. The number of rotatable bonds is 6. The molecule has 104 valence electrons. The summed E-state index contributed by atoms with van der Waals surface area (Å²) in [5.41, 5.74) is 9.07. The molecule has 3 N–H and O–H groups in total. The van der Waals surface area contributed by atoms with E-state index in [9.17, 15) is 4.79 Å². The molecular formula is C16H24N2O. The zero-order valence-electron chi connectivity index (χ0n) is 11.9. The molecular weight excluding hydrogens is 236 g/mol. The summed E-state index contributed by atoms with van der Waals surface area (Å²) in [5, 5.41) is 2.89. The van der Waals surface area contributed by atoms with Crippen molar-refractivity contribution in [2.75, 3.05) is 11.9 Å². The minimum atomic E-state index is 0.108. The van der Waals surface area contributed by atoms with E-state index < -0.39 is 0 Å². The lowest BCUT2D eigenvalue weighted by molar-refractivity contribution is -0.115. The summed E-state index contributed by atoms with van der Waals surface area (Å²) in [6, 6.07) is 6.42. The largest absolute Gasteiger partial charge is 0.330 e. The van der Waals surface area contributed by atoms with Crippen LogP contribution in [-0.4, -0.2) is 12.5 Å². The lowest BCUT2D eigenvalue weighted by Crippen LogP contribution is -2.08. The lowest BCUT2D eigenvalue weighted by atomic mass is 9.83. The van der Waals surface area contributed by atoms with Crippen LogP contribution in [0.3, 0.4) is 0 Å². The van der Waals surface area contributed by atoms with Gasteiger partial charge in [-0.25, -0.2) is 0 Å². The SMILES string of the molecule is CC(C)C(CCCCN)c1ccc2c(c1)CC(=O)N2. The van der Waals surface area contributed by atoms with Crippen LogP contribution in [0, 0.1) is 5.92 Å². The van der Waals surface area contributed by atoms with Gasteiger partial charge in [0.1, 0.15) is 0 Å². The van der Waals surface area contributed by atoms with Gasteiger partial charge in [-0.15, -0.1) is 0 Å². The van der Waals surface area contributed by atoms with Crippen LogP contribution >= 0.6 is 0 Å². The third kappa shape index (κ3) is 3.35. The number of unbranched alkanes of at least 4 members (excludes halogenated alkanes) is 1. The first kappa shape index (κ1) is 14.1. The Labute approximate surface area is 115 Å². The maximum atomic E-state index is 11.4. The number of carbonyl (C=O) groups excluding carboxylic acids is 1. The van der Waals surface area contributed by atoms with Crippen LogP contribution in [0.25, 0.3) is 0 Å². The smallest absolute Gasteiger partial charge is 0.228 e. The number of nitrogens with one attached hydrogen (secondary N) is 1. The van der Waals surface area contributed by atoms with Gasteiger partial charge in [-0.3, -0.25) is 4.79 Å². The van der Waals surface area contributed by atoms with E-state index in [4.69, 9.17) is 5.73 Å². The quantitative estimate of drug-likeness (QED) is 0.772. The van der Waals surface area contributed by atoms with Crippen LogP contribution in [0.4, 0.5) is 5.69 Å². The predicted octanol–water partition coefficient (Wildman–Crippen LogP) is 3.05. The third-order valence-corrected chi connectivity index (χ3v) is 3.96. The minimum Gasteiger partial charge on any atom is -0.330 e. The average Bonchev–Trinajstić information content (AvgIpc) is 2.73. The highest BCUT2D eigenvalue weighted by atomic mass is 16.1. The summed E-state index contributed by atoms with van der Waals surface area (Å²) in [7, 11) is 0. The van der Waals surface area contributed by atoms with Crippen molar-refractivity contribution in [2.24, 2.45) is 11.7 Å². The molecule has 1 heterocycles. The molecule has 1 amide bonds. The Kier molecular flexibility index (Phi) is 4.59. The van der Waals surface area contributed by atoms with E-state index in [0.29, 0.717) is 18.3 Å². The topological polar surface area (TPSA) is 55.1 Å². The monoisotopic (exact) mass is 260 g/mol. The van der Waals surface area contributed by atoms with Gasteiger partial charge >= 0.3 is 0 Å². The van der Waals surface area contributed by atoms with Gasteiger partial charge in [-0.1, -0.05) is 32.4 Å². The highest BCUT2D eigenvalue weighted by molar-refractivity contribution is 5.99. The van der Waals surface area contributed by atoms with Crippen molar-refractivity contribution in [1.29, 1.82) is 0 Å². The molecule has 0 fully saturated rings. The highest BCUT2D eigenvalue weighted by Crippen LogP contribution is 2.33. The normalized spacial score (nSPS) is 15.5. The maximum Gasteiger partial charge on any atom is 0.228 e. The van der Waals surface area contributed by atoms with Crippen molar-refractivity contribution in [3.63, 3.8) is 0 Å². The molecule has 1 unspecified atom stereocenters. The molecule has 0 saturated heterocycles. The van der Waals surface area contributed by atoms with E-state index in [0.717, 1.165) is 24.2 Å². The van der Waals surface area contributed by atoms with Gasteiger partial charge in [0.2, 0.25) is 5.91 Å². The number of anilines is 1. The van der Waals surface area contributed by atoms with Crippen LogP contribution < -0.4 is 11.1 Å². The zero-order valence-corrected chi connectivity index (χ0v) is 11.9. The van der Waals surface area contributed by atoms with E-state index >= 15 is 0 Å². The van der Waals surface area contributed by atoms with Crippen molar-refractivity contribution in [2.45, 2.75) is 45.4 Å². The molecule has 0 aromatic heterocycles. The Bertz CT molecular complexity index is 454. The van der Waals surface area contributed by atoms with Crippen LogP contribution in [0.1, 0.15) is 50.2 Å². The Morgan fingerprint density at radius 1 is 1.32 bits per heavy atom. The van der Waals surface area contributed by atoms with E-state index in [1.165, 1.54) is 18.4 Å². The van der Waals surface area contributed by atoms with Crippen molar-refractivity contribution >= 4 is 11.6 Å². The number of nitrogens with two attached hydrogens (primary N) is 1. The zero-order chi connectivity index (χ0) is 13.8. The number of amides is 1. The van der Waals surface area contributed by atoms with Gasteiger partial charge in [0.25, 0.3) is 0 Å². The van der Waals surface area contributed by atoms with Crippen LogP contribution in [-0.2, 0) is 11.2 Å². The molecule has 0 bridgehead atoms. The van der Waals surface area contributed by atoms with Crippen LogP contribution in [0.15, 0.2) is 18.2 Å². The first-order valence-corrected chi connectivity index (χ1v) is 7.24. The predicted molar refractivity (Wildman–Crippen MR) is 79.3 cm³/mol. The molecule has 0 aliphatic carbocycles. The molecule has 0 radical (unpaired) electrons. The first-order valence-electron chi connectivity index (χ1n) is 7.24. The number of benzene rings is 1. The molecule has 0 spiro atoms. The summed E-state index contributed by atoms with van der Waals surface area (Å²) >= 11 is 0. The van der Waals surface area contributed by atoms with E-state index in [2.05, 4.69) is 31.3 Å². The summed E-state index contributed by atoms with van der Waals surface area (Å²) in [5.74, 6) is 1.28. The fourth-order valence-corrected chi connectivity index (χ4v) is 2.87. The Hall–Kier alpha value is -1.35. The Balaban J connectivity index is 2.14. The number of carbonyl (C=O) groups is 1. The number of hydrogen-bond acceptors (Lipinski definition) is 2. The molecule has 0 saturated carbocycles. The van der Waals surface area contributed by atoms with E-state index in [1.54, 1.807) is 0 Å². The summed E-state index contributed by atoms with van der Waals surface area (Å²) in [6.45, 7) is 5.31. The van der Waals surface area contributed by atoms with Crippen LogP contribution in [0.2, 0.25) is 0 Å². The van der Waals surface area contributed by atoms with Crippen molar-refractivity contribution in [3.05, 3.63) is 29.3 Å². The van der Waals surface area contributed by atoms with Gasteiger partial charge in [0.15, 0.2) is 0 Å². The maximum absolute atomic E-state index is 11.4. The van der Waals surface area contributed by atoms with Crippen molar-refractivity contribution in [1.82, 2.24) is 0 Å². The second kappa shape index (κ2) is 6.20. The molecule has 1 aromatic carbocycles. The molecule has 1 atom stereocenters. The fourth-order valence-electron chi connectivity index (χ4n) is 2.87. The van der Waals surface area contributed by atoms with Gasteiger partial charge < -0.3 is 11.1 Å². The molecule has 1 aliphatic heterocycles. The highest BCUT2D eigenvalue weighted by Gasteiger charge is 2.21. The van der Waals surface area contributed by atoms with E-state index in [1.807, 2.05) is 6.07 Å². The van der Waals surface area contributed by atoms with E-state index in [-0.39, 0.29) is 5.91 Å². The summed E-state index contributed by atoms with van der Waals surface area (Å²) < 4.78 is 0. The van der Waals surface area contributed by atoms with Gasteiger partial charge in [0.05, 0.1) is 6.42 Å². The van der Waals surface area contributed by atoms with Gasteiger partial charge in [-0.2, -0.15) is 0 Å². The molecule has 1 aromatic rings. The minimum absolute atomic E-state index is 0.108. The van der Waals surface area contributed by atoms with Crippen molar-refractivity contribution < 1.29 is 4.79 Å². The molecule has 2 rings (SSSR count). The molecule has 3 heteroatoms. The molecule has 1 aliphatic rings. The standard InChI is InChI=1S/C16H24N2O/c1-11(2)14(5-3-4-8-17)12-6-7-15-13(9-12)10-16(19)18-15/h6-7,9,11,14H,3-5,8,10,17H2,1-2H3,(H,18,19). The Morgan fingerprint density at radius 2 is 2.11 bits per heavy atom. The number of fused-ring (bicyclic) bond motifs is 1. The average molecular weight is 260 g/mol. The second-order valence-electron chi connectivity index (χ2n) is 5.78. The second-order valence-corrected chi connectivity index (χ2v) is 5.78.